The molecule has 0 atom stereocenters. The van der Waals surface area contributed by atoms with Gasteiger partial charge in [0.05, 0.1) is 11.3 Å². The van der Waals surface area contributed by atoms with Gasteiger partial charge in [-0.3, -0.25) is 4.79 Å². The molecule has 21 heavy (non-hydrogen) atoms. The van der Waals surface area contributed by atoms with E-state index in [2.05, 4.69) is 48.2 Å². The fourth-order valence-electron chi connectivity index (χ4n) is 2.65. The normalized spacial score (nSPS) is 15.5. The maximum Gasteiger partial charge on any atom is 0.256 e. The van der Waals surface area contributed by atoms with Crippen molar-refractivity contribution in [1.29, 1.82) is 0 Å². The van der Waals surface area contributed by atoms with Gasteiger partial charge in [-0.15, -0.1) is 0 Å². The Kier molecular flexibility index (Phi) is 3.58. The van der Waals surface area contributed by atoms with Crippen LogP contribution in [0.3, 0.4) is 0 Å². The molecule has 0 saturated heterocycles. The summed E-state index contributed by atoms with van der Waals surface area (Å²) < 4.78 is 1.86. The van der Waals surface area contributed by atoms with Gasteiger partial charge in [0.25, 0.3) is 5.91 Å². The highest BCUT2D eigenvalue weighted by Gasteiger charge is 2.29. The number of hydrogen-bond acceptors (Lipinski definition) is 1. The van der Waals surface area contributed by atoms with E-state index < -0.39 is 0 Å². The number of rotatable bonds is 1. The number of amides is 1. The highest BCUT2D eigenvalue weighted by atomic mass is 79.9. The van der Waals surface area contributed by atoms with Crippen molar-refractivity contribution in [3.8, 4) is 0 Å². The highest BCUT2D eigenvalue weighted by Crippen LogP contribution is 2.43. The quantitative estimate of drug-likeness (QED) is 0.642. The zero-order valence-electron chi connectivity index (χ0n) is 11.9. The Bertz CT molecular complexity index is 803. The third-order valence-electron chi connectivity index (χ3n) is 3.71. The zero-order chi connectivity index (χ0) is 15.3. The Morgan fingerprint density at radius 3 is 2.43 bits per heavy atom. The first-order valence-electron chi connectivity index (χ1n) is 6.56. The van der Waals surface area contributed by atoms with Crippen LogP contribution in [-0.2, 0) is 4.79 Å². The predicted molar refractivity (Wildman–Crippen MR) is 93.3 cm³/mol. The molecule has 1 aliphatic rings. The molecule has 3 nitrogen and oxygen atoms in total. The number of aromatic amines is 1. The molecule has 0 aliphatic carbocycles. The smallest absolute Gasteiger partial charge is 0.256 e. The van der Waals surface area contributed by atoms with E-state index in [1.165, 1.54) is 0 Å². The van der Waals surface area contributed by atoms with Crippen LogP contribution in [0.2, 0.25) is 0 Å². The zero-order valence-corrected chi connectivity index (χ0v) is 15.1. The summed E-state index contributed by atoms with van der Waals surface area (Å²) in [5.74, 6) is -0.0708. The predicted octanol–water partition coefficient (Wildman–Crippen LogP) is 4.96. The van der Waals surface area contributed by atoms with Crippen molar-refractivity contribution in [1.82, 2.24) is 4.98 Å². The summed E-state index contributed by atoms with van der Waals surface area (Å²) in [6.45, 7) is 6.06. The molecule has 1 aromatic heterocycles. The first-order valence-corrected chi connectivity index (χ1v) is 8.15. The summed E-state index contributed by atoms with van der Waals surface area (Å²) in [7, 11) is 0. The lowest BCUT2D eigenvalue weighted by Gasteiger charge is -2.08. The van der Waals surface area contributed by atoms with Gasteiger partial charge in [0.2, 0.25) is 0 Å². The number of carbonyl (C=O) groups is 1. The number of anilines is 1. The second-order valence-corrected chi connectivity index (χ2v) is 6.99. The minimum Gasteiger partial charge on any atom is -0.359 e. The van der Waals surface area contributed by atoms with Gasteiger partial charge in [-0.25, -0.2) is 0 Å². The van der Waals surface area contributed by atoms with Crippen LogP contribution in [0.5, 0.6) is 0 Å². The van der Waals surface area contributed by atoms with E-state index in [1.807, 2.05) is 32.9 Å². The molecular formula is C16H14Br2N2O. The van der Waals surface area contributed by atoms with Crippen molar-refractivity contribution in [2.75, 3.05) is 5.32 Å². The molecule has 2 aromatic rings. The third kappa shape index (κ3) is 2.38. The van der Waals surface area contributed by atoms with Crippen molar-refractivity contribution in [3.05, 3.63) is 49.2 Å². The van der Waals surface area contributed by atoms with E-state index in [1.54, 1.807) is 0 Å². The molecule has 5 heteroatoms. The number of carbonyl (C=O) groups excluding carboxylic acids is 1. The van der Waals surface area contributed by atoms with Crippen LogP contribution in [0.15, 0.2) is 21.1 Å². The molecule has 0 saturated carbocycles. The van der Waals surface area contributed by atoms with E-state index >= 15 is 0 Å². The summed E-state index contributed by atoms with van der Waals surface area (Å²) in [4.78, 5) is 15.6. The average molecular weight is 410 g/mol. The van der Waals surface area contributed by atoms with Gasteiger partial charge in [0.1, 0.15) is 0 Å². The molecule has 3 rings (SSSR count). The molecule has 0 spiro atoms. The van der Waals surface area contributed by atoms with E-state index in [-0.39, 0.29) is 5.91 Å². The van der Waals surface area contributed by atoms with E-state index in [0.717, 1.165) is 42.7 Å². The first-order chi connectivity index (χ1) is 9.88. The second kappa shape index (κ2) is 5.14. The molecule has 1 aliphatic heterocycles. The summed E-state index contributed by atoms with van der Waals surface area (Å²) in [6, 6.07) is 4.03. The highest BCUT2D eigenvalue weighted by molar-refractivity contribution is 9.11. The SMILES string of the molecule is Cc1cc(C)c(C=C2C(=O)Nc3c(Br)cc(Br)c(C)c32)[nH]1. The van der Waals surface area contributed by atoms with Crippen LogP contribution < -0.4 is 5.32 Å². The number of H-pyrrole nitrogens is 1. The van der Waals surface area contributed by atoms with Gasteiger partial charge in [-0.05, 0) is 66.0 Å². The van der Waals surface area contributed by atoms with E-state index in [0.29, 0.717) is 5.57 Å². The van der Waals surface area contributed by atoms with Crippen molar-refractivity contribution >= 4 is 55.1 Å². The van der Waals surface area contributed by atoms with Gasteiger partial charge in [0.15, 0.2) is 0 Å². The maximum atomic E-state index is 12.3. The van der Waals surface area contributed by atoms with Gasteiger partial charge >= 0.3 is 0 Å². The Labute approximate surface area is 140 Å². The number of benzene rings is 1. The molecule has 0 radical (unpaired) electrons. The molecular weight excluding hydrogens is 396 g/mol. The standard InChI is InChI=1S/C16H14Br2N2O/c1-7-4-8(2)19-13(7)5-10-14-9(3)11(17)6-12(18)15(14)20-16(10)21/h4-6,19H,1-3H3,(H,20,21). The average Bonchev–Trinajstić information content (AvgIpc) is 2.89. The number of fused-ring (bicyclic) bond motifs is 1. The molecule has 1 amide bonds. The van der Waals surface area contributed by atoms with Crippen LogP contribution in [0, 0.1) is 20.8 Å². The largest absolute Gasteiger partial charge is 0.359 e. The van der Waals surface area contributed by atoms with Gasteiger partial charge in [-0.1, -0.05) is 15.9 Å². The first kappa shape index (κ1) is 14.6. The Morgan fingerprint density at radius 1 is 1.10 bits per heavy atom. The van der Waals surface area contributed by atoms with Crippen molar-refractivity contribution in [2.24, 2.45) is 0 Å². The monoisotopic (exact) mass is 408 g/mol. The second-order valence-electron chi connectivity index (χ2n) is 5.28. The Hall–Kier alpha value is -1.33. The minimum atomic E-state index is -0.0708. The molecule has 2 heterocycles. The van der Waals surface area contributed by atoms with Crippen LogP contribution in [0.4, 0.5) is 5.69 Å². The lowest BCUT2D eigenvalue weighted by molar-refractivity contribution is -0.110. The Balaban J connectivity index is 2.24. The van der Waals surface area contributed by atoms with E-state index in [4.69, 9.17) is 0 Å². The van der Waals surface area contributed by atoms with Gasteiger partial charge < -0.3 is 10.3 Å². The van der Waals surface area contributed by atoms with Gasteiger partial charge in [-0.2, -0.15) is 0 Å². The molecule has 1 aromatic carbocycles. The Morgan fingerprint density at radius 2 is 1.81 bits per heavy atom. The summed E-state index contributed by atoms with van der Waals surface area (Å²) in [5, 5.41) is 2.94. The maximum absolute atomic E-state index is 12.3. The summed E-state index contributed by atoms with van der Waals surface area (Å²) >= 11 is 7.06. The van der Waals surface area contributed by atoms with Crippen LogP contribution >= 0.6 is 31.9 Å². The molecule has 2 N–H and O–H groups in total. The van der Waals surface area contributed by atoms with Crippen LogP contribution in [-0.4, -0.2) is 10.9 Å². The number of halogens is 2. The lowest BCUT2D eigenvalue weighted by atomic mass is 10.00. The van der Waals surface area contributed by atoms with Crippen LogP contribution in [0.25, 0.3) is 11.6 Å². The molecule has 0 bridgehead atoms. The minimum absolute atomic E-state index is 0.0708. The summed E-state index contributed by atoms with van der Waals surface area (Å²) in [5.41, 5.74) is 6.73. The van der Waals surface area contributed by atoms with Crippen molar-refractivity contribution in [2.45, 2.75) is 20.8 Å². The number of hydrogen-bond donors (Lipinski definition) is 2. The lowest BCUT2D eigenvalue weighted by Crippen LogP contribution is -2.04. The molecule has 0 unspecified atom stereocenters. The van der Waals surface area contributed by atoms with Crippen LogP contribution in [0.1, 0.15) is 28.1 Å². The van der Waals surface area contributed by atoms with Gasteiger partial charge in [0, 0.05) is 25.9 Å². The topological polar surface area (TPSA) is 44.9 Å². The third-order valence-corrected chi connectivity index (χ3v) is 5.16. The van der Waals surface area contributed by atoms with E-state index in [9.17, 15) is 4.79 Å². The number of nitrogens with one attached hydrogen (secondary N) is 2. The summed E-state index contributed by atoms with van der Waals surface area (Å²) in [6.07, 6.45) is 1.93. The molecule has 108 valence electrons. The number of aryl methyl sites for hydroxylation is 2. The van der Waals surface area contributed by atoms with Crippen molar-refractivity contribution in [3.63, 3.8) is 0 Å². The van der Waals surface area contributed by atoms with Crippen molar-refractivity contribution < 1.29 is 4.79 Å². The fourth-order valence-corrected chi connectivity index (χ4v) is 3.91. The fraction of sp³-hybridized carbons (Fsp3) is 0.188. The molecule has 0 fully saturated rings. The number of aromatic nitrogens is 1.